The Bertz CT molecular complexity index is 907. The van der Waals surface area contributed by atoms with Crippen LogP contribution in [0.2, 0.25) is 0 Å². The summed E-state index contributed by atoms with van der Waals surface area (Å²) in [6.45, 7) is 3.13. The lowest BCUT2D eigenvalue weighted by molar-refractivity contribution is -0.143. The van der Waals surface area contributed by atoms with E-state index in [0.717, 1.165) is 0 Å². The molecule has 1 saturated heterocycles. The molecule has 1 aromatic rings. The summed E-state index contributed by atoms with van der Waals surface area (Å²) in [6.07, 6.45) is -2.78. The largest absolute Gasteiger partial charge is 0.416 e. The highest BCUT2D eigenvalue weighted by Gasteiger charge is 2.54. The van der Waals surface area contributed by atoms with Crippen molar-refractivity contribution in [3.05, 3.63) is 59.2 Å². The standard InChI is InChI=1S/C22H24F6N2O2/c1-13(14-8-15(21(23,24)25)10-16(9-14)22(26,27)28)32-12-20(11-17(29)18(31)30-20)19(2)6-4-3-5-7-19/h3-6,8-10,13,17H,7,11-12,29H2,1-2H3,(H,30,31)/t13-,17+,19?,20-/m1/s1. The van der Waals surface area contributed by atoms with E-state index in [2.05, 4.69) is 5.32 Å². The van der Waals surface area contributed by atoms with Gasteiger partial charge in [-0.2, -0.15) is 26.3 Å². The molecule has 0 spiro atoms. The summed E-state index contributed by atoms with van der Waals surface area (Å²) < 4.78 is 84.9. The number of alkyl halides is 6. The molecule has 1 heterocycles. The summed E-state index contributed by atoms with van der Waals surface area (Å²) in [4.78, 5) is 12.2. The van der Waals surface area contributed by atoms with Crippen molar-refractivity contribution >= 4 is 5.91 Å². The predicted molar refractivity (Wildman–Crippen MR) is 105 cm³/mol. The number of nitrogens with one attached hydrogen (secondary N) is 1. The van der Waals surface area contributed by atoms with Crippen molar-refractivity contribution in [3.8, 4) is 0 Å². The zero-order chi connectivity index (χ0) is 23.9. The molecular formula is C22H24F6N2O2. The summed E-state index contributed by atoms with van der Waals surface area (Å²) in [5.74, 6) is -0.385. The smallest absolute Gasteiger partial charge is 0.371 e. The first kappa shape index (κ1) is 24.3. The second-order valence-corrected chi connectivity index (χ2v) is 8.58. The molecule has 0 saturated carbocycles. The third-order valence-corrected chi connectivity index (χ3v) is 6.27. The monoisotopic (exact) mass is 462 g/mol. The van der Waals surface area contributed by atoms with Gasteiger partial charge in [-0.1, -0.05) is 31.2 Å². The molecule has 3 rings (SSSR count). The van der Waals surface area contributed by atoms with Crippen LogP contribution in [0.15, 0.2) is 42.5 Å². The Balaban J connectivity index is 1.90. The molecule has 3 N–H and O–H groups in total. The van der Waals surface area contributed by atoms with Gasteiger partial charge in [0.05, 0.1) is 35.4 Å². The summed E-state index contributed by atoms with van der Waals surface area (Å²) in [7, 11) is 0. The molecule has 0 aromatic heterocycles. The number of carbonyl (C=O) groups is 1. The number of hydrogen-bond donors (Lipinski definition) is 2. The number of halogens is 6. The minimum atomic E-state index is -4.95. The van der Waals surface area contributed by atoms with Crippen molar-refractivity contribution in [2.75, 3.05) is 6.61 Å². The first-order valence-corrected chi connectivity index (χ1v) is 10.00. The third kappa shape index (κ3) is 4.71. The highest BCUT2D eigenvalue weighted by atomic mass is 19.4. The van der Waals surface area contributed by atoms with Crippen molar-refractivity contribution in [3.63, 3.8) is 0 Å². The molecule has 1 aliphatic heterocycles. The molecule has 4 atom stereocenters. The van der Waals surface area contributed by atoms with Crippen molar-refractivity contribution in [2.24, 2.45) is 11.1 Å². The number of carbonyl (C=O) groups excluding carboxylic acids is 1. The van der Waals surface area contributed by atoms with Gasteiger partial charge >= 0.3 is 12.4 Å². The number of ether oxygens (including phenoxy) is 1. The number of nitrogens with two attached hydrogens (primary N) is 1. The van der Waals surface area contributed by atoms with E-state index < -0.39 is 46.6 Å². The molecule has 0 bridgehead atoms. The van der Waals surface area contributed by atoms with Gasteiger partial charge < -0.3 is 15.8 Å². The number of rotatable bonds is 5. The maximum atomic E-state index is 13.2. The lowest BCUT2D eigenvalue weighted by Crippen LogP contribution is -2.57. The highest BCUT2D eigenvalue weighted by molar-refractivity contribution is 5.85. The van der Waals surface area contributed by atoms with E-state index >= 15 is 0 Å². The van der Waals surface area contributed by atoms with E-state index in [4.69, 9.17) is 10.5 Å². The van der Waals surface area contributed by atoms with Gasteiger partial charge in [0, 0.05) is 5.41 Å². The Hall–Kier alpha value is -2.33. The van der Waals surface area contributed by atoms with Crippen molar-refractivity contribution in [2.45, 2.75) is 56.7 Å². The number of amides is 1. The van der Waals surface area contributed by atoms with E-state index in [1.165, 1.54) is 6.92 Å². The van der Waals surface area contributed by atoms with Gasteiger partial charge in [-0.15, -0.1) is 0 Å². The summed E-state index contributed by atoms with van der Waals surface area (Å²) in [5, 5.41) is 2.87. The average Bonchev–Trinajstić information content (AvgIpc) is 3.00. The molecule has 0 radical (unpaired) electrons. The first-order valence-electron chi connectivity index (χ1n) is 10.00. The van der Waals surface area contributed by atoms with Crippen LogP contribution in [-0.2, 0) is 21.9 Å². The topological polar surface area (TPSA) is 64.3 Å². The molecule has 4 nitrogen and oxygen atoms in total. The van der Waals surface area contributed by atoms with Crippen LogP contribution >= 0.6 is 0 Å². The van der Waals surface area contributed by atoms with Gasteiger partial charge in [0.25, 0.3) is 0 Å². The molecule has 1 aromatic carbocycles. The second-order valence-electron chi connectivity index (χ2n) is 8.58. The van der Waals surface area contributed by atoms with Crippen molar-refractivity contribution < 1.29 is 35.9 Å². The van der Waals surface area contributed by atoms with Gasteiger partial charge in [-0.05, 0) is 43.5 Å². The fourth-order valence-electron chi connectivity index (χ4n) is 4.14. The number of hydrogen-bond acceptors (Lipinski definition) is 3. The molecular weight excluding hydrogens is 438 g/mol. The van der Waals surface area contributed by atoms with E-state index in [0.29, 0.717) is 18.6 Å². The zero-order valence-corrected chi connectivity index (χ0v) is 17.5. The minimum Gasteiger partial charge on any atom is -0.371 e. The highest BCUT2D eigenvalue weighted by Crippen LogP contribution is 2.45. The molecule has 32 heavy (non-hydrogen) atoms. The van der Waals surface area contributed by atoms with Crippen LogP contribution in [0, 0.1) is 5.41 Å². The zero-order valence-electron chi connectivity index (χ0n) is 17.5. The van der Waals surface area contributed by atoms with Gasteiger partial charge in [-0.3, -0.25) is 4.79 Å². The maximum Gasteiger partial charge on any atom is 0.416 e. The molecule has 1 aliphatic carbocycles. The van der Waals surface area contributed by atoms with Gasteiger partial charge in [0.15, 0.2) is 0 Å². The molecule has 1 unspecified atom stereocenters. The lowest BCUT2D eigenvalue weighted by Gasteiger charge is -2.45. The molecule has 2 aliphatic rings. The quantitative estimate of drug-likeness (QED) is 0.612. The van der Waals surface area contributed by atoms with Crippen LogP contribution in [0.4, 0.5) is 26.3 Å². The maximum absolute atomic E-state index is 13.2. The van der Waals surface area contributed by atoms with Crippen LogP contribution in [-0.4, -0.2) is 24.1 Å². The van der Waals surface area contributed by atoms with Crippen LogP contribution in [0.3, 0.4) is 0 Å². The Morgan fingerprint density at radius 2 is 1.72 bits per heavy atom. The Morgan fingerprint density at radius 3 is 2.16 bits per heavy atom. The Kier molecular flexibility index (Phi) is 6.25. The number of allylic oxidation sites excluding steroid dienone is 3. The third-order valence-electron chi connectivity index (χ3n) is 6.27. The van der Waals surface area contributed by atoms with Crippen LogP contribution in [0.25, 0.3) is 0 Å². The van der Waals surface area contributed by atoms with Gasteiger partial charge in [0.1, 0.15) is 0 Å². The summed E-state index contributed by atoms with van der Waals surface area (Å²) in [5.41, 5.74) is 1.27. The number of benzene rings is 1. The van der Waals surface area contributed by atoms with Crippen molar-refractivity contribution in [1.82, 2.24) is 5.32 Å². The summed E-state index contributed by atoms with van der Waals surface area (Å²) >= 11 is 0. The van der Waals surface area contributed by atoms with E-state index in [1.54, 1.807) is 0 Å². The first-order chi connectivity index (χ1) is 14.7. The SMILES string of the molecule is C[C@@H](OC[C@@]1(C2(C)C=CC=CC2)C[C@H](N)C(=O)N1)c1cc(C(F)(F)F)cc(C(F)(F)F)c1. The fraction of sp³-hybridized carbons (Fsp3) is 0.500. The van der Waals surface area contributed by atoms with E-state index in [9.17, 15) is 31.1 Å². The molecule has 1 amide bonds. The Labute approximate surface area is 181 Å². The van der Waals surface area contributed by atoms with Crippen LogP contribution < -0.4 is 11.1 Å². The van der Waals surface area contributed by atoms with Crippen LogP contribution in [0.5, 0.6) is 0 Å². The lowest BCUT2D eigenvalue weighted by atomic mass is 9.66. The van der Waals surface area contributed by atoms with Crippen LogP contribution in [0.1, 0.15) is 49.5 Å². The van der Waals surface area contributed by atoms with Gasteiger partial charge in [0.2, 0.25) is 5.91 Å². The molecule has 176 valence electrons. The van der Waals surface area contributed by atoms with E-state index in [1.807, 2.05) is 31.2 Å². The molecule has 10 heteroatoms. The average molecular weight is 462 g/mol. The van der Waals surface area contributed by atoms with E-state index in [-0.39, 0.29) is 30.6 Å². The van der Waals surface area contributed by atoms with Gasteiger partial charge in [-0.25, -0.2) is 0 Å². The Morgan fingerprint density at radius 1 is 1.12 bits per heavy atom. The normalized spacial score (nSPS) is 29.3. The van der Waals surface area contributed by atoms with Crippen molar-refractivity contribution in [1.29, 1.82) is 0 Å². The summed E-state index contributed by atoms with van der Waals surface area (Å²) in [6, 6.07) is 0.580. The minimum absolute atomic E-state index is 0.0775. The fourth-order valence-corrected chi connectivity index (χ4v) is 4.14. The predicted octanol–water partition coefficient (Wildman–Crippen LogP) is 4.91. The molecule has 1 fully saturated rings. The second kappa shape index (κ2) is 8.22.